The summed E-state index contributed by atoms with van der Waals surface area (Å²) in [4.78, 5) is 24.1. The molecular weight excluding hydrogens is 372 g/mol. The zero-order chi connectivity index (χ0) is 16.7. The fourth-order valence-electron chi connectivity index (χ4n) is 2.46. The van der Waals surface area contributed by atoms with E-state index in [0.717, 1.165) is 22.9 Å². The van der Waals surface area contributed by atoms with E-state index >= 15 is 0 Å². The first kappa shape index (κ1) is 15.1. The van der Waals surface area contributed by atoms with Crippen molar-refractivity contribution in [1.29, 1.82) is 0 Å². The summed E-state index contributed by atoms with van der Waals surface area (Å²) in [5.41, 5.74) is 1.35. The Balaban J connectivity index is 1.57. The summed E-state index contributed by atoms with van der Waals surface area (Å²) in [6, 6.07) is 12.4. The molecule has 1 saturated carbocycles. The van der Waals surface area contributed by atoms with E-state index in [0.29, 0.717) is 17.1 Å². The van der Waals surface area contributed by atoms with Gasteiger partial charge >= 0.3 is 5.97 Å². The molecule has 0 unspecified atom stereocenters. The third-order valence-electron chi connectivity index (χ3n) is 3.94. The van der Waals surface area contributed by atoms with Crippen LogP contribution in [0.1, 0.15) is 28.8 Å². The van der Waals surface area contributed by atoms with Crippen LogP contribution >= 0.6 is 15.9 Å². The molecule has 0 aromatic heterocycles. The fraction of sp³-hybridized carbons (Fsp3) is 0.158. The first-order chi connectivity index (χ1) is 11.6. The molecule has 0 amide bonds. The van der Waals surface area contributed by atoms with Gasteiger partial charge in [0, 0.05) is 10.5 Å². The number of halogens is 1. The average molecular weight is 385 g/mol. The van der Waals surface area contributed by atoms with Crippen molar-refractivity contribution in [3.63, 3.8) is 0 Å². The highest BCUT2D eigenvalue weighted by molar-refractivity contribution is 9.10. The predicted octanol–water partition coefficient (Wildman–Crippen LogP) is 4.38. The van der Waals surface area contributed by atoms with Gasteiger partial charge in [0.1, 0.15) is 11.5 Å². The van der Waals surface area contributed by atoms with Gasteiger partial charge in [0.25, 0.3) is 0 Å². The second-order valence-electron chi connectivity index (χ2n) is 5.84. The highest BCUT2D eigenvalue weighted by Crippen LogP contribution is 2.36. The van der Waals surface area contributed by atoms with Crippen molar-refractivity contribution in [2.24, 2.45) is 5.92 Å². The smallest absolute Gasteiger partial charge is 0.314 e. The first-order valence-corrected chi connectivity index (χ1v) is 8.45. The molecule has 5 heteroatoms. The van der Waals surface area contributed by atoms with Crippen molar-refractivity contribution >= 4 is 33.8 Å². The molecule has 0 saturated heterocycles. The normalized spacial score (nSPS) is 17.5. The number of benzene rings is 2. The van der Waals surface area contributed by atoms with E-state index in [1.54, 1.807) is 24.3 Å². The Hall–Kier alpha value is -2.40. The summed E-state index contributed by atoms with van der Waals surface area (Å²) in [5.74, 6) is 0.720. The Morgan fingerprint density at radius 3 is 2.62 bits per heavy atom. The van der Waals surface area contributed by atoms with Crippen LogP contribution in [-0.2, 0) is 4.79 Å². The van der Waals surface area contributed by atoms with Crippen LogP contribution in [0, 0.1) is 5.92 Å². The Labute approximate surface area is 147 Å². The molecule has 1 aliphatic heterocycles. The Kier molecular flexibility index (Phi) is 3.73. The van der Waals surface area contributed by atoms with Crippen molar-refractivity contribution in [2.45, 2.75) is 12.8 Å². The lowest BCUT2D eigenvalue weighted by Gasteiger charge is -2.04. The first-order valence-electron chi connectivity index (χ1n) is 7.66. The number of esters is 1. The topological polar surface area (TPSA) is 52.6 Å². The van der Waals surface area contributed by atoms with Crippen LogP contribution in [0.3, 0.4) is 0 Å². The second-order valence-corrected chi connectivity index (χ2v) is 6.76. The van der Waals surface area contributed by atoms with Crippen LogP contribution in [0.2, 0.25) is 0 Å². The number of Topliss-reactive ketones (excluding diaryl/α,β-unsaturated/α-hetero) is 1. The van der Waals surface area contributed by atoms with Gasteiger partial charge in [0.15, 0.2) is 5.76 Å². The number of fused-ring (bicyclic) bond motifs is 1. The number of hydrogen-bond acceptors (Lipinski definition) is 4. The van der Waals surface area contributed by atoms with Gasteiger partial charge in [-0.1, -0.05) is 28.1 Å². The minimum atomic E-state index is -0.218. The molecule has 1 fully saturated rings. The summed E-state index contributed by atoms with van der Waals surface area (Å²) in [7, 11) is 0. The molecule has 2 aromatic carbocycles. The van der Waals surface area contributed by atoms with E-state index in [2.05, 4.69) is 15.9 Å². The SMILES string of the molecule is O=C1C(=Cc2ccc(Br)cc2)Oc2cc(OC(=O)C3CC3)ccc21. The average Bonchev–Trinajstić information content (AvgIpc) is 3.37. The summed E-state index contributed by atoms with van der Waals surface area (Å²) in [6.07, 6.45) is 3.47. The number of rotatable bonds is 3. The largest absolute Gasteiger partial charge is 0.452 e. The van der Waals surface area contributed by atoms with Gasteiger partial charge in [0.05, 0.1) is 11.5 Å². The maximum Gasteiger partial charge on any atom is 0.314 e. The van der Waals surface area contributed by atoms with E-state index in [4.69, 9.17) is 9.47 Å². The molecule has 4 rings (SSSR count). The Bertz CT molecular complexity index is 863. The van der Waals surface area contributed by atoms with Gasteiger partial charge in [-0.15, -0.1) is 0 Å². The minimum Gasteiger partial charge on any atom is -0.452 e. The van der Waals surface area contributed by atoms with E-state index in [-0.39, 0.29) is 23.4 Å². The van der Waals surface area contributed by atoms with Crippen LogP contribution in [0.25, 0.3) is 6.08 Å². The van der Waals surface area contributed by atoms with E-state index < -0.39 is 0 Å². The lowest BCUT2D eigenvalue weighted by molar-refractivity contribution is -0.135. The monoisotopic (exact) mass is 384 g/mol. The van der Waals surface area contributed by atoms with Gasteiger partial charge in [-0.3, -0.25) is 9.59 Å². The van der Waals surface area contributed by atoms with E-state index in [1.807, 2.05) is 24.3 Å². The highest BCUT2D eigenvalue weighted by atomic mass is 79.9. The summed E-state index contributed by atoms with van der Waals surface area (Å²) < 4.78 is 11.9. The number of allylic oxidation sites excluding steroid dienone is 1. The second kappa shape index (κ2) is 5.91. The minimum absolute atomic E-state index is 0.0219. The van der Waals surface area contributed by atoms with Gasteiger partial charge in [-0.2, -0.15) is 0 Å². The van der Waals surface area contributed by atoms with Crippen molar-refractivity contribution in [2.75, 3.05) is 0 Å². The molecule has 0 bridgehead atoms. The molecule has 1 aliphatic carbocycles. The van der Waals surface area contributed by atoms with E-state index in [9.17, 15) is 9.59 Å². The van der Waals surface area contributed by atoms with Crippen LogP contribution in [0.5, 0.6) is 11.5 Å². The van der Waals surface area contributed by atoms with Crippen molar-refractivity contribution in [1.82, 2.24) is 0 Å². The molecule has 2 aliphatic rings. The van der Waals surface area contributed by atoms with Crippen LogP contribution in [0.4, 0.5) is 0 Å². The van der Waals surface area contributed by atoms with Crippen molar-refractivity contribution < 1.29 is 19.1 Å². The third kappa shape index (κ3) is 2.99. The molecule has 0 N–H and O–H groups in total. The zero-order valence-corrected chi connectivity index (χ0v) is 14.2. The van der Waals surface area contributed by atoms with Gasteiger partial charge in [0.2, 0.25) is 5.78 Å². The van der Waals surface area contributed by atoms with Gasteiger partial charge in [-0.25, -0.2) is 0 Å². The molecule has 120 valence electrons. The highest BCUT2D eigenvalue weighted by Gasteiger charge is 2.32. The quantitative estimate of drug-likeness (QED) is 0.447. The number of carbonyl (C=O) groups excluding carboxylic acids is 2. The molecule has 2 aromatic rings. The number of hydrogen-bond donors (Lipinski definition) is 0. The summed E-state index contributed by atoms with van der Waals surface area (Å²) >= 11 is 3.38. The van der Waals surface area contributed by atoms with Gasteiger partial charge < -0.3 is 9.47 Å². The van der Waals surface area contributed by atoms with Crippen molar-refractivity contribution in [3.05, 3.63) is 63.8 Å². The molecule has 0 radical (unpaired) electrons. The molecule has 24 heavy (non-hydrogen) atoms. The predicted molar refractivity (Wildman–Crippen MR) is 91.9 cm³/mol. The van der Waals surface area contributed by atoms with Crippen LogP contribution in [0.15, 0.2) is 52.7 Å². The molecule has 4 nitrogen and oxygen atoms in total. The fourth-order valence-corrected chi connectivity index (χ4v) is 2.72. The summed E-state index contributed by atoms with van der Waals surface area (Å²) in [5, 5.41) is 0. The number of carbonyl (C=O) groups is 2. The van der Waals surface area contributed by atoms with Crippen molar-refractivity contribution in [3.8, 4) is 11.5 Å². The molecule has 0 spiro atoms. The lowest BCUT2D eigenvalue weighted by Crippen LogP contribution is -2.09. The Morgan fingerprint density at radius 1 is 1.17 bits per heavy atom. The summed E-state index contributed by atoms with van der Waals surface area (Å²) in [6.45, 7) is 0. The maximum atomic E-state index is 12.4. The molecular formula is C19H13BrO4. The van der Waals surface area contributed by atoms with Crippen LogP contribution in [-0.4, -0.2) is 11.8 Å². The standard InChI is InChI=1S/C19H13BrO4/c20-13-5-1-11(2-6-13)9-17-18(21)15-8-7-14(10-16(15)24-17)23-19(22)12-3-4-12/h1-2,5-10,12H,3-4H2. The van der Waals surface area contributed by atoms with E-state index in [1.165, 1.54) is 0 Å². The zero-order valence-electron chi connectivity index (χ0n) is 12.6. The molecule has 1 heterocycles. The number of ether oxygens (including phenoxy) is 2. The third-order valence-corrected chi connectivity index (χ3v) is 4.47. The number of ketones is 1. The molecule has 0 atom stereocenters. The van der Waals surface area contributed by atoms with Gasteiger partial charge in [-0.05, 0) is 48.7 Å². The maximum absolute atomic E-state index is 12.4. The van der Waals surface area contributed by atoms with Crippen LogP contribution < -0.4 is 9.47 Å². The Morgan fingerprint density at radius 2 is 1.92 bits per heavy atom. The lowest BCUT2D eigenvalue weighted by atomic mass is 10.1.